The van der Waals surface area contributed by atoms with E-state index >= 15 is 0 Å². The minimum absolute atomic E-state index is 0.150. The second-order valence-electron chi connectivity index (χ2n) is 5.15. The molecular formula is C14H18BrNO. The van der Waals surface area contributed by atoms with Gasteiger partial charge in [-0.25, -0.2) is 0 Å². The molecule has 1 aliphatic heterocycles. The van der Waals surface area contributed by atoms with E-state index in [0.29, 0.717) is 11.8 Å². The van der Waals surface area contributed by atoms with Gasteiger partial charge in [0.1, 0.15) is 0 Å². The Morgan fingerprint density at radius 2 is 1.88 bits per heavy atom. The van der Waals surface area contributed by atoms with Crippen LogP contribution >= 0.6 is 15.9 Å². The molecule has 1 aromatic carbocycles. The topological polar surface area (TPSA) is 20.3 Å². The van der Waals surface area contributed by atoms with E-state index in [9.17, 15) is 4.79 Å². The Morgan fingerprint density at radius 1 is 1.29 bits per heavy atom. The third-order valence-electron chi connectivity index (χ3n) is 3.63. The van der Waals surface area contributed by atoms with Crippen molar-refractivity contribution in [3.8, 4) is 0 Å². The molecule has 17 heavy (non-hydrogen) atoms. The molecule has 0 N–H and O–H groups in total. The molecule has 1 saturated heterocycles. The number of amides is 1. The molecule has 1 aromatic rings. The fourth-order valence-corrected chi connectivity index (χ4v) is 2.69. The van der Waals surface area contributed by atoms with Gasteiger partial charge in [0.2, 0.25) is 0 Å². The van der Waals surface area contributed by atoms with Crippen LogP contribution in [0.5, 0.6) is 0 Å². The lowest BCUT2D eigenvalue weighted by molar-refractivity contribution is 0.0784. The highest BCUT2D eigenvalue weighted by molar-refractivity contribution is 9.10. The highest BCUT2D eigenvalue weighted by Crippen LogP contribution is 2.26. The van der Waals surface area contributed by atoms with Crippen LogP contribution in [0.1, 0.15) is 29.8 Å². The lowest BCUT2D eigenvalue weighted by Gasteiger charge is -2.17. The van der Waals surface area contributed by atoms with Gasteiger partial charge in [-0.2, -0.15) is 0 Å². The lowest BCUT2D eigenvalue weighted by Crippen LogP contribution is -2.29. The van der Waals surface area contributed by atoms with Gasteiger partial charge in [-0.05, 0) is 46.8 Å². The fourth-order valence-electron chi connectivity index (χ4n) is 2.27. The van der Waals surface area contributed by atoms with Gasteiger partial charge >= 0.3 is 0 Å². The molecule has 92 valence electrons. The minimum atomic E-state index is 0.150. The van der Waals surface area contributed by atoms with Crippen molar-refractivity contribution in [3.05, 3.63) is 33.8 Å². The normalized spacial score (nSPS) is 24.1. The van der Waals surface area contributed by atoms with Crippen molar-refractivity contribution in [1.29, 1.82) is 0 Å². The van der Waals surface area contributed by atoms with Gasteiger partial charge in [-0.3, -0.25) is 4.79 Å². The van der Waals surface area contributed by atoms with Gasteiger partial charge in [-0.15, -0.1) is 0 Å². The van der Waals surface area contributed by atoms with Gasteiger partial charge in [0.05, 0.1) is 5.56 Å². The number of carbonyl (C=O) groups is 1. The van der Waals surface area contributed by atoms with Crippen LogP contribution < -0.4 is 0 Å². The molecule has 2 nitrogen and oxygen atoms in total. The van der Waals surface area contributed by atoms with Crippen LogP contribution in [-0.2, 0) is 0 Å². The van der Waals surface area contributed by atoms with Crippen molar-refractivity contribution in [3.63, 3.8) is 0 Å². The van der Waals surface area contributed by atoms with Crippen LogP contribution in [0.25, 0.3) is 0 Å². The maximum atomic E-state index is 12.4. The van der Waals surface area contributed by atoms with Crippen molar-refractivity contribution in [2.24, 2.45) is 11.8 Å². The van der Waals surface area contributed by atoms with E-state index in [2.05, 4.69) is 29.8 Å². The number of aryl methyl sites for hydroxylation is 1. The molecule has 0 bridgehead atoms. The Bertz CT molecular complexity index is 434. The third-order valence-corrected chi connectivity index (χ3v) is 4.32. The molecule has 3 heteroatoms. The van der Waals surface area contributed by atoms with E-state index in [-0.39, 0.29) is 5.91 Å². The molecule has 0 saturated carbocycles. The summed E-state index contributed by atoms with van der Waals surface area (Å²) in [5.41, 5.74) is 1.91. The van der Waals surface area contributed by atoms with Gasteiger partial charge in [0.25, 0.3) is 5.91 Å². The lowest BCUT2D eigenvalue weighted by atomic mass is 10.0. The number of benzene rings is 1. The average Bonchev–Trinajstić information content (AvgIpc) is 2.62. The first kappa shape index (κ1) is 12.6. The average molecular weight is 296 g/mol. The zero-order valence-electron chi connectivity index (χ0n) is 10.5. The predicted octanol–water partition coefficient (Wildman–Crippen LogP) is 3.49. The summed E-state index contributed by atoms with van der Waals surface area (Å²) < 4.78 is 0.889. The van der Waals surface area contributed by atoms with E-state index in [1.807, 2.05) is 30.0 Å². The van der Waals surface area contributed by atoms with Crippen LogP contribution in [0.3, 0.4) is 0 Å². The number of carbonyl (C=O) groups excluding carboxylic acids is 1. The van der Waals surface area contributed by atoms with Crippen molar-refractivity contribution in [1.82, 2.24) is 4.90 Å². The van der Waals surface area contributed by atoms with E-state index < -0.39 is 0 Å². The van der Waals surface area contributed by atoms with Gasteiger partial charge < -0.3 is 4.90 Å². The van der Waals surface area contributed by atoms with Crippen molar-refractivity contribution >= 4 is 21.8 Å². The van der Waals surface area contributed by atoms with Crippen LogP contribution in [0.2, 0.25) is 0 Å². The zero-order chi connectivity index (χ0) is 12.6. The molecular weight excluding hydrogens is 278 g/mol. The molecule has 2 atom stereocenters. The Kier molecular flexibility index (Phi) is 3.57. The predicted molar refractivity (Wildman–Crippen MR) is 73.1 cm³/mol. The molecule has 0 radical (unpaired) electrons. The van der Waals surface area contributed by atoms with E-state index in [4.69, 9.17) is 0 Å². The Morgan fingerprint density at radius 3 is 2.47 bits per heavy atom. The highest BCUT2D eigenvalue weighted by Gasteiger charge is 2.30. The first-order chi connectivity index (χ1) is 7.99. The minimum Gasteiger partial charge on any atom is -0.338 e. The molecule has 1 amide bonds. The standard InChI is InChI=1S/C14H18BrNO/c1-9-4-5-13(15)12(6-9)14(17)16-7-10(2)11(3)8-16/h4-6,10-11H,7-8H2,1-3H3. The fraction of sp³-hybridized carbons (Fsp3) is 0.500. The molecule has 2 rings (SSSR count). The van der Waals surface area contributed by atoms with Gasteiger partial charge in [0.15, 0.2) is 0 Å². The summed E-state index contributed by atoms with van der Waals surface area (Å²) in [5, 5.41) is 0. The summed E-state index contributed by atoms with van der Waals surface area (Å²) in [6.45, 7) is 8.19. The highest BCUT2D eigenvalue weighted by atomic mass is 79.9. The van der Waals surface area contributed by atoms with Crippen LogP contribution in [-0.4, -0.2) is 23.9 Å². The number of nitrogens with zero attached hydrogens (tertiary/aromatic N) is 1. The largest absolute Gasteiger partial charge is 0.338 e. The van der Waals surface area contributed by atoms with Crippen LogP contribution in [0.15, 0.2) is 22.7 Å². The monoisotopic (exact) mass is 295 g/mol. The molecule has 0 aromatic heterocycles. The molecule has 1 heterocycles. The van der Waals surface area contributed by atoms with Crippen LogP contribution in [0.4, 0.5) is 0 Å². The summed E-state index contributed by atoms with van der Waals surface area (Å²) in [6, 6.07) is 5.92. The quantitative estimate of drug-likeness (QED) is 0.777. The second-order valence-corrected chi connectivity index (χ2v) is 6.00. The third kappa shape index (κ3) is 2.54. The summed E-state index contributed by atoms with van der Waals surface area (Å²) in [4.78, 5) is 14.4. The number of hydrogen-bond donors (Lipinski definition) is 0. The van der Waals surface area contributed by atoms with Crippen molar-refractivity contribution in [2.45, 2.75) is 20.8 Å². The van der Waals surface area contributed by atoms with Crippen LogP contribution in [0, 0.1) is 18.8 Å². The Balaban J connectivity index is 2.23. The second kappa shape index (κ2) is 4.81. The van der Waals surface area contributed by atoms with Gasteiger partial charge in [0, 0.05) is 17.6 Å². The summed E-state index contributed by atoms with van der Waals surface area (Å²) in [6.07, 6.45) is 0. The molecule has 0 spiro atoms. The summed E-state index contributed by atoms with van der Waals surface area (Å²) in [5.74, 6) is 1.35. The summed E-state index contributed by atoms with van der Waals surface area (Å²) >= 11 is 3.46. The Labute approximate surface area is 111 Å². The smallest absolute Gasteiger partial charge is 0.255 e. The number of likely N-dealkylation sites (tertiary alicyclic amines) is 1. The van der Waals surface area contributed by atoms with E-state index in [1.165, 1.54) is 0 Å². The molecule has 1 fully saturated rings. The molecule has 1 aliphatic rings. The van der Waals surface area contributed by atoms with E-state index in [0.717, 1.165) is 28.7 Å². The maximum absolute atomic E-state index is 12.4. The SMILES string of the molecule is Cc1ccc(Br)c(C(=O)N2CC(C)C(C)C2)c1. The first-order valence-corrected chi connectivity index (χ1v) is 6.83. The molecule has 2 unspecified atom stereocenters. The van der Waals surface area contributed by atoms with Crippen molar-refractivity contribution < 1.29 is 4.79 Å². The Hall–Kier alpha value is -0.830. The van der Waals surface area contributed by atoms with Gasteiger partial charge in [-0.1, -0.05) is 25.5 Å². The first-order valence-electron chi connectivity index (χ1n) is 6.04. The van der Waals surface area contributed by atoms with E-state index in [1.54, 1.807) is 0 Å². The maximum Gasteiger partial charge on any atom is 0.255 e. The summed E-state index contributed by atoms with van der Waals surface area (Å²) in [7, 11) is 0. The zero-order valence-corrected chi connectivity index (χ0v) is 12.1. The number of hydrogen-bond acceptors (Lipinski definition) is 1. The molecule has 0 aliphatic carbocycles. The number of halogens is 1. The number of rotatable bonds is 1. The van der Waals surface area contributed by atoms with Crippen molar-refractivity contribution in [2.75, 3.05) is 13.1 Å².